The second-order valence-electron chi connectivity index (χ2n) is 6.46. The molecule has 4 nitrogen and oxygen atoms in total. The number of aryl methyl sites for hydroxylation is 2. The molecule has 0 saturated carbocycles. The molecule has 0 unspecified atom stereocenters. The number of thiophene rings is 1. The fourth-order valence-electron chi connectivity index (χ4n) is 3.37. The molecule has 126 valence electrons. The molecule has 3 heterocycles. The largest absolute Gasteiger partial charge is 0.379 e. The Morgan fingerprint density at radius 1 is 1.08 bits per heavy atom. The van der Waals surface area contributed by atoms with Crippen molar-refractivity contribution in [3.05, 3.63) is 56.8 Å². The van der Waals surface area contributed by atoms with Crippen molar-refractivity contribution in [3.8, 4) is 0 Å². The Balaban J connectivity index is 1.34. The highest BCUT2D eigenvalue weighted by Crippen LogP contribution is 2.27. The van der Waals surface area contributed by atoms with Crippen molar-refractivity contribution in [1.29, 1.82) is 0 Å². The van der Waals surface area contributed by atoms with Crippen molar-refractivity contribution < 1.29 is 9.53 Å². The van der Waals surface area contributed by atoms with Gasteiger partial charge in [-0.05, 0) is 40.5 Å². The van der Waals surface area contributed by atoms with Gasteiger partial charge in [-0.15, -0.1) is 11.3 Å². The van der Waals surface area contributed by atoms with E-state index >= 15 is 0 Å². The summed E-state index contributed by atoms with van der Waals surface area (Å²) in [5, 5.41) is 5.06. The average Bonchev–Trinajstić information content (AvgIpc) is 3.19. The van der Waals surface area contributed by atoms with Crippen LogP contribution in [0.2, 0.25) is 0 Å². The molecule has 1 N–H and O–H groups in total. The van der Waals surface area contributed by atoms with Gasteiger partial charge in [-0.2, -0.15) is 0 Å². The zero-order valence-electron chi connectivity index (χ0n) is 13.7. The topological polar surface area (TPSA) is 41.6 Å². The summed E-state index contributed by atoms with van der Waals surface area (Å²) in [5.74, 6) is 0.0914. The minimum Gasteiger partial charge on any atom is -0.379 e. The first-order valence-electron chi connectivity index (χ1n) is 8.55. The molecule has 1 aromatic heterocycles. The fraction of sp³-hybridized carbons (Fsp3) is 0.421. The number of amides is 1. The highest BCUT2D eigenvalue weighted by molar-refractivity contribution is 7.12. The summed E-state index contributed by atoms with van der Waals surface area (Å²) in [6.45, 7) is 5.46. The smallest absolute Gasteiger partial charge is 0.261 e. The number of ether oxygens (including phenoxy) is 1. The molecule has 2 aromatic rings. The van der Waals surface area contributed by atoms with Gasteiger partial charge in [0.2, 0.25) is 0 Å². The molecule has 1 aromatic carbocycles. The first kappa shape index (κ1) is 15.8. The van der Waals surface area contributed by atoms with E-state index in [4.69, 9.17) is 4.74 Å². The summed E-state index contributed by atoms with van der Waals surface area (Å²) in [7, 11) is 0. The van der Waals surface area contributed by atoms with E-state index in [0.29, 0.717) is 6.54 Å². The second kappa shape index (κ2) is 7.05. The summed E-state index contributed by atoms with van der Waals surface area (Å²) in [4.78, 5) is 15.0. The molecule has 0 spiro atoms. The van der Waals surface area contributed by atoms with Gasteiger partial charge in [-0.25, -0.2) is 0 Å². The van der Waals surface area contributed by atoms with Crippen molar-refractivity contribution in [2.45, 2.75) is 25.9 Å². The molecule has 24 heavy (non-hydrogen) atoms. The third-order valence-electron chi connectivity index (χ3n) is 4.83. The Labute approximate surface area is 146 Å². The minimum absolute atomic E-state index is 0.0914. The highest BCUT2D eigenvalue weighted by atomic mass is 32.1. The van der Waals surface area contributed by atoms with Crippen LogP contribution in [0.15, 0.2) is 29.6 Å². The SMILES string of the molecule is O=C1NCc2c(CCc3ccc(CN4CCOCC4)cc3)csc21. The summed E-state index contributed by atoms with van der Waals surface area (Å²) in [6.07, 6.45) is 2.03. The maximum atomic E-state index is 11.6. The molecule has 1 saturated heterocycles. The van der Waals surface area contributed by atoms with E-state index < -0.39 is 0 Å². The van der Waals surface area contributed by atoms with Gasteiger partial charge in [0.05, 0.1) is 18.1 Å². The van der Waals surface area contributed by atoms with Gasteiger partial charge in [-0.3, -0.25) is 9.69 Å². The van der Waals surface area contributed by atoms with Crippen LogP contribution < -0.4 is 5.32 Å². The van der Waals surface area contributed by atoms with Crippen molar-refractivity contribution in [2.24, 2.45) is 0 Å². The monoisotopic (exact) mass is 342 g/mol. The van der Waals surface area contributed by atoms with Crippen LogP contribution in [0.3, 0.4) is 0 Å². The van der Waals surface area contributed by atoms with Gasteiger partial charge in [0, 0.05) is 26.2 Å². The van der Waals surface area contributed by atoms with Crippen molar-refractivity contribution >= 4 is 17.2 Å². The van der Waals surface area contributed by atoms with Gasteiger partial charge in [0.25, 0.3) is 5.91 Å². The molecular formula is C19H22N2O2S. The van der Waals surface area contributed by atoms with Gasteiger partial charge < -0.3 is 10.1 Å². The lowest BCUT2D eigenvalue weighted by atomic mass is 10.0. The lowest BCUT2D eigenvalue weighted by Gasteiger charge is -2.26. The van der Waals surface area contributed by atoms with Crippen LogP contribution in [-0.4, -0.2) is 37.1 Å². The number of benzene rings is 1. The van der Waals surface area contributed by atoms with Crippen LogP contribution in [0, 0.1) is 0 Å². The van der Waals surface area contributed by atoms with E-state index in [1.165, 1.54) is 22.3 Å². The second-order valence-corrected chi connectivity index (χ2v) is 7.34. The Kier molecular flexibility index (Phi) is 4.65. The fourth-order valence-corrected chi connectivity index (χ4v) is 4.41. The Bertz CT molecular complexity index is 717. The molecule has 1 amide bonds. The molecule has 0 aliphatic carbocycles. The molecule has 4 rings (SSSR count). The Hall–Kier alpha value is -1.69. The zero-order valence-corrected chi connectivity index (χ0v) is 14.5. The van der Waals surface area contributed by atoms with Crippen LogP contribution in [0.4, 0.5) is 0 Å². The van der Waals surface area contributed by atoms with E-state index in [-0.39, 0.29) is 5.91 Å². The van der Waals surface area contributed by atoms with Crippen LogP contribution in [-0.2, 0) is 30.7 Å². The van der Waals surface area contributed by atoms with Gasteiger partial charge in [0.15, 0.2) is 0 Å². The van der Waals surface area contributed by atoms with Gasteiger partial charge in [-0.1, -0.05) is 24.3 Å². The predicted molar refractivity (Wildman–Crippen MR) is 95.4 cm³/mol. The van der Waals surface area contributed by atoms with E-state index in [1.54, 1.807) is 11.3 Å². The zero-order chi connectivity index (χ0) is 16.4. The first-order chi connectivity index (χ1) is 11.8. The van der Waals surface area contributed by atoms with Crippen molar-refractivity contribution in [1.82, 2.24) is 10.2 Å². The third kappa shape index (κ3) is 3.38. The molecule has 2 aliphatic heterocycles. The molecule has 0 atom stereocenters. The number of nitrogens with zero attached hydrogens (tertiary/aromatic N) is 1. The van der Waals surface area contributed by atoms with Crippen LogP contribution in [0.5, 0.6) is 0 Å². The Morgan fingerprint density at radius 3 is 2.62 bits per heavy atom. The van der Waals surface area contributed by atoms with Crippen molar-refractivity contribution in [3.63, 3.8) is 0 Å². The maximum Gasteiger partial charge on any atom is 0.261 e. The summed E-state index contributed by atoms with van der Waals surface area (Å²) in [6, 6.07) is 8.97. The van der Waals surface area contributed by atoms with E-state index in [2.05, 4.69) is 39.9 Å². The Morgan fingerprint density at radius 2 is 1.83 bits per heavy atom. The minimum atomic E-state index is 0.0914. The quantitative estimate of drug-likeness (QED) is 0.908. The average molecular weight is 342 g/mol. The lowest BCUT2D eigenvalue weighted by Crippen LogP contribution is -2.35. The molecular weight excluding hydrogens is 320 g/mol. The standard InChI is InChI=1S/C19H22N2O2S/c22-19-18-17(11-20-19)16(13-24-18)6-5-14-1-3-15(4-2-14)12-21-7-9-23-10-8-21/h1-4,13H,5-12H2,(H,20,22). The molecule has 5 heteroatoms. The number of fused-ring (bicyclic) bond motifs is 1. The van der Waals surface area contributed by atoms with E-state index in [0.717, 1.165) is 50.6 Å². The van der Waals surface area contributed by atoms with Gasteiger partial charge in [0.1, 0.15) is 0 Å². The number of carbonyl (C=O) groups excluding carboxylic acids is 1. The number of nitrogens with one attached hydrogen (secondary N) is 1. The normalized spacial score (nSPS) is 17.8. The molecule has 0 bridgehead atoms. The summed E-state index contributed by atoms with van der Waals surface area (Å²) >= 11 is 1.58. The van der Waals surface area contributed by atoms with Crippen molar-refractivity contribution in [2.75, 3.05) is 26.3 Å². The molecule has 0 radical (unpaired) electrons. The summed E-state index contributed by atoms with van der Waals surface area (Å²) in [5.41, 5.74) is 5.27. The van der Waals surface area contributed by atoms with Crippen LogP contribution in [0.1, 0.15) is 31.9 Å². The number of hydrogen-bond acceptors (Lipinski definition) is 4. The maximum absolute atomic E-state index is 11.6. The highest BCUT2D eigenvalue weighted by Gasteiger charge is 2.23. The van der Waals surface area contributed by atoms with Crippen LogP contribution >= 0.6 is 11.3 Å². The van der Waals surface area contributed by atoms with Crippen LogP contribution in [0.25, 0.3) is 0 Å². The predicted octanol–water partition coefficient (Wildman–Crippen LogP) is 2.61. The number of carbonyl (C=O) groups is 1. The molecule has 2 aliphatic rings. The third-order valence-corrected chi connectivity index (χ3v) is 5.90. The number of rotatable bonds is 5. The number of hydrogen-bond donors (Lipinski definition) is 1. The number of morpholine rings is 1. The van der Waals surface area contributed by atoms with E-state index in [1.807, 2.05) is 0 Å². The van der Waals surface area contributed by atoms with E-state index in [9.17, 15) is 4.79 Å². The summed E-state index contributed by atoms with van der Waals surface area (Å²) < 4.78 is 5.40. The lowest BCUT2D eigenvalue weighted by molar-refractivity contribution is 0.0342. The first-order valence-corrected chi connectivity index (χ1v) is 9.43. The molecule has 1 fully saturated rings. The van der Waals surface area contributed by atoms with Gasteiger partial charge >= 0.3 is 0 Å².